The van der Waals surface area contributed by atoms with Gasteiger partial charge in [0.15, 0.2) is 11.2 Å². The second-order valence-corrected chi connectivity index (χ2v) is 34.0. The lowest BCUT2D eigenvalue weighted by Gasteiger charge is -2.47. The van der Waals surface area contributed by atoms with Crippen LogP contribution in [0.15, 0.2) is 115 Å². The van der Waals surface area contributed by atoms with Gasteiger partial charge in [-0.2, -0.15) is 0 Å². The highest BCUT2D eigenvalue weighted by atomic mass is 31.2. The molecule has 0 aromatic heterocycles. The molecule has 4 aromatic rings. The van der Waals surface area contributed by atoms with Gasteiger partial charge in [-0.1, -0.05) is 72.8 Å². The van der Waals surface area contributed by atoms with Gasteiger partial charge < -0.3 is 29.6 Å². The molecule has 41 heteroatoms. The molecule has 4 aromatic carbocycles. The van der Waals surface area contributed by atoms with Crippen molar-refractivity contribution in [2.45, 2.75) is 47.0 Å². The smallest absolute Gasteiger partial charge is 0.465 e. The number of hydrogen-bond donors (Lipinski definition) is 2. The number of carbonyl (C=O) groups excluding carboxylic acids is 4. The molecule has 0 saturated carbocycles. The van der Waals surface area contributed by atoms with E-state index in [1.807, 2.05) is 85.7 Å². The SMILES string of the molecule is CC(=O)NC12COP(=O)(OC1)OC2.CN(C)C12COP(=O)(OC1)OC2.COC(=O)c1cccc(C(=O)OC23COP(=O)(OC2)OC3)c1.O=C(OC12COP(=O)(OC1)OC2)c1ccccc1.O=P12OCC(Nc3ccccc3)(CO1)CO2.O=P12OCC(OCc3ccccc3)(CO1)CO2. The molecule has 22 rings (SSSR count). The third kappa shape index (κ3) is 18.3. The highest BCUT2D eigenvalue weighted by Gasteiger charge is 2.57. The van der Waals surface area contributed by atoms with Gasteiger partial charge in [0.25, 0.3) is 0 Å². The van der Waals surface area contributed by atoms with Gasteiger partial charge >= 0.3 is 64.8 Å². The topological polar surface area (TPSA) is 401 Å². The van der Waals surface area contributed by atoms with E-state index in [0.717, 1.165) is 11.3 Å². The van der Waals surface area contributed by atoms with Gasteiger partial charge in [0.05, 0.1) is 115 Å². The number of phosphoric acid groups is 6. The Morgan fingerprint density at radius 1 is 0.398 bits per heavy atom. The zero-order valence-corrected chi connectivity index (χ0v) is 58.5. The van der Waals surface area contributed by atoms with Crippen molar-refractivity contribution in [1.29, 1.82) is 0 Å². The highest BCUT2D eigenvalue weighted by molar-refractivity contribution is 7.50. The molecule has 98 heavy (non-hydrogen) atoms. The van der Waals surface area contributed by atoms with E-state index in [1.54, 1.807) is 30.3 Å². The van der Waals surface area contributed by atoms with Gasteiger partial charge in [-0.3, -0.25) is 91.1 Å². The van der Waals surface area contributed by atoms with Gasteiger partial charge in [0.1, 0.15) is 56.3 Å². The number of methoxy groups -OCH3 is 1. The van der Waals surface area contributed by atoms with Crippen molar-refractivity contribution < 1.29 is 147 Å². The molecule has 1 amide bonds. The lowest BCUT2D eigenvalue weighted by Crippen LogP contribution is -2.61. The van der Waals surface area contributed by atoms with E-state index < -0.39 is 92.7 Å². The Morgan fingerprint density at radius 2 is 0.714 bits per heavy atom. The summed E-state index contributed by atoms with van der Waals surface area (Å²) in [4.78, 5) is 48.4. The van der Waals surface area contributed by atoms with Crippen molar-refractivity contribution in [3.8, 4) is 0 Å². The Balaban J connectivity index is 0.000000120. The van der Waals surface area contributed by atoms with Crippen molar-refractivity contribution in [1.82, 2.24) is 10.2 Å². The number of rotatable bonds is 12. The largest absolute Gasteiger partial charge is 0.475 e. The molecule has 18 heterocycles. The Bertz CT molecular complexity index is 3650. The van der Waals surface area contributed by atoms with Crippen molar-refractivity contribution >= 4 is 76.4 Å². The monoisotopic (exact) mass is 1500 g/mol. The van der Waals surface area contributed by atoms with Gasteiger partial charge in [0.2, 0.25) is 5.91 Å². The molecule has 18 fully saturated rings. The van der Waals surface area contributed by atoms with E-state index in [2.05, 4.69) is 15.4 Å². The number of likely N-dealkylation sites (N-methyl/N-ethyl adjacent to an activating group) is 1. The van der Waals surface area contributed by atoms with Crippen LogP contribution in [0.4, 0.5) is 5.69 Å². The molecule has 18 aliphatic heterocycles. The number of para-hydroxylation sites is 1. The zero-order chi connectivity index (χ0) is 69.6. The van der Waals surface area contributed by atoms with E-state index >= 15 is 0 Å². The van der Waals surface area contributed by atoms with Gasteiger partial charge in [0, 0.05) is 12.6 Å². The quantitative estimate of drug-likeness (QED) is 0.0770. The number of nitrogens with zero attached hydrogens (tertiary/aromatic N) is 1. The van der Waals surface area contributed by atoms with Crippen LogP contribution in [0.5, 0.6) is 0 Å². The van der Waals surface area contributed by atoms with Crippen LogP contribution in [0, 0.1) is 0 Å². The Hall–Kier alpha value is -4.86. The number of amides is 1. The van der Waals surface area contributed by atoms with Crippen molar-refractivity contribution in [2.24, 2.45) is 0 Å². The maximum Gasteiger partial charge on any atom is 0.475 e. The van der Waals surface area contributed by atoms with Crippen LogP contribution in [-0.2, 0) is 139 Å². The van der Waals surface area contributed by atoms with Crippen molar-refractivity contribution in [3.63, 3.8) is 0 Å². The molecule has 536 valence electrons. The van der Waals surface area contributed by atoms with E-state index in [-0.39, 0.29) is 102 Å². The number of nitrogens with one attached hydrogen (secondary N) is 2. The number of phosphoric ester groups is 6. The molecule has 18 saturated heterocycles. The van der Waals surface area contributed by atoms with E-state index in [1.165, 1.54) is 32.2 Å². The number of ether oxygens (including phenoxy) is 4. The van der Waals surface area contributed by atoms with E-state index in [9.17, 15) is 46.6 Å². The predicted molar refractivity (Wildman–Crippen MR) is 333 cm³/mol. The minimum absolute atomic E-state index is 0.0306. The number of benzene rings is 4. The van der Waals surface area contributed by atoms with Crippen molar-refractivity contribution in [3.05, 3.63) is 138 Å². The van der Waals surface area contributed by atoms with Crippen LogP contribution in [0.2, 0.25) is 0 Å². The number of fused-ring (bicyclic) bond motifs is 18. The fourth-order valence-electron chi connectivity index (χ4n) is 9.90. The van der Waals surface area contributed by atoms with E-state index in [0.29, 0.717) is 51.8 Å². The molecule has 0 atom stereocenters. The van der Waals surface area contributed by atoms with Gasteiger partial charge in [-0.25, -0.2) is 41.8 Å². The lowest BCUT2D eigenvalue weighted by molar-refractivity contribution is -0.188. The summed E-state index contributed by atoms with van der Waals surface area (Å²) in [6.45, 7) is 5.42. The summed E-state index contributed by atoms with van der Waals surface area (Å²) in [6, 6.07) is 34.1. The minimum Gasteiger partial charge on any atom is -0.465 e. The first kappa shape index (κ1) is 74.3. The molecule has 12 bridgehead atoms. The van der Waals surface area contributed by atoms with Crippen molar-refractivity contribution in [2.75, 3.05) is 145 Å². The number of esters is 3. The molecule has 2 N–H and O–H groups in total. The summed E-state index contributed by atoms with van der Waals surface area (Å²) in [5, 5.41) is 5.97. The van der Waals surface area contributed by atoms with Crippen LogP contribution in [0.3, 0.4) is 0 Å². The fraction of sp³-hybridized carbons (Fsp3) is 0.509. The van der Waals surface area contributed by atoms with Gasteiger partial charge in [-0.15, -0.1) is 0 Å². The molecule has 0 radical (unpaired) electrons. The third-order valence-corrected chi connectivity index (χ3v) is 24.0. The molecule has 0 unspecified atom stereocenters. The average Bonchev–Trinajstić information content (AvgIpc) is 0.803. The maximum absolute atomic E-state index is 12.2. The van der Waals surface area contributed by atoms with Crippen LogP contribution in [-0.4, -0.2) is 202 Å². The average molecular weight is 1500 g/mol. The van der Waals surface area contributed by atoms with Gasteiger partial charge in [-0.05, 0) is 62.1 Å². The summed E-state index contributed by atoms with van der Waals surface area (Å²) < 4.78 is 180. The first-order valence-corrected chi connectivity index (χ1v) is 38.7. The fourth-order valence-corrected chi connectivity index (χ4v) is 18.4. The molecular formula is C57H71N3O32P6. The zero-order valence-electron chi connectivity index (χ0n) is 53.1. The summed E-state index contributed by atoms with van der Waals surface area (Å²) in [5.41, 5.74) is -1.19. The van der Waals surface area contributed by atoms with Crippen LogP contribution in [0.1, 0.15) is 43.6 Å². The summed E-state index contributed by atoms with van der Waals surface area (Å²) in [7, 11) is -14.6. The number of anilines is 1. The Kier molecular flexibility index (Phi) is 22.9. The summed E-state index contributed by atoms with van der Waals surface area (Å²) >= 11 is 0. The first-order chi connectivity index (χ1) is 46.6. The predicted octanol–water partition coefficient (Wildman–Crippen LogP) is 7.99. The van der Waals surface area contributed by atoms with E-state index in [4.69, 9.17) is 95.6 Å². The third-order valence-electron chi connectivity index (χ3n) is 15.9. The normalized spacial score (nSPS) is 36.8. The highest BCUT2D eigenvalue weighted by Crippen LogP contribution is 2.62. The van der Waals surface area contributed by atoms with Crippen LogP contribution < -0.4 is 10.6 Å². The molecule has 0 aliphatic carbocycles. The lowest BCUT2D eigenvalue weighted by atomic mass is 10.0. The standard InChI is InChI=1S/C13H13O8P.C11H11O6P.C11H13O5P.C10H12NO4P.C6H10NO5P.C6H12NO4P/c1-17-11(14)9-3-2-4-10(5-9)12(15)21-13-6-18-22(16,19-7-13)20-8-13;12-10(9-4-2-1-3-5-9)17-11-6-14-18(13,15-7-11)16-8-11;12-17-14-7-11(8-15-17,9-16-17)13-6-10-4-2-1-3-5-10;12-16-13-6-10(7-14-16,8-15-16)11-9-4-2-1-3-5-9;1-5(8)7-6-2-10-13(9,11-3-6)12-4-6;1-7(2)6-3-9-12(8,10-4-6)11-5-6/h2-5H,6-8H2,1H3;1-5H,6-8H2;1-5H,6-9H2;1-5,11H,6-8H2;2-4H2,1H3,(H,7,8);3-5H2,1-2H3. The second-order valence-electron chi connectivity index (χ2n) is 24.0. The van der Waals surface area contributed by atoms with Crippen LogP contribution in [0.25, 0.3) is 0 Å². The molecule has 18 aliphatic rings. The maximum atomic E-state index is 12.2. The first-order valence-electron chi connectivity index (χ1n) is 30.0. The summed E-state index contributed by atoms with van der Waals surface area (Å²) in [5.74, 6) is -1.89. The second kappa shape index (κ2) is 30.2. The summed E-state index contributed by atoms with van der Waals surface area (Å²) in [6.07, 6.45) is 0. The van der Waals surface area contributed by atoms with Crippen LogP contribution >= 0.6 is 46.9 Å². The Morgan fingerprint density at radius 3 is 1.09 bits per heavy atom. The molecular weight excluding hydrogens is 1420 g/mol. The minimum atomic E-state index is -3.46. The number of carbonyl (C=O) groups is 4. The Labute approximate surface area is 561 Å². The number of hydrogen-bond acceptors (Lipinski definition) is 34. The molecule has 35 nitrogen and oxygen atoms in total. The molecule has 0 spiro atoms.